The van der Waals surface area contributed by atoms with E-state index in [0.29, 0.717) is 0 Å². The van der Waals surface area contributed by atoms with E-state index in [9.17, 15) is 26.3 Å². The Hall–Kier alpha value is -4.69. The second kappa shape index (κ2) is 11.6. The molecule has 0 bridgehead atoms. The van der Waals surface area contributed by atoms with Gasteiger partial charge < -0.3 is 0 Å². The van der Waals surface area contributed by atoms with Crippen molar-refractivity contribution in [2.45, 2.75) is 32.0 Å². The summed E-state index contributed by atoms with van der Waals surface area (Å²) >= 11 is 0. The van der Waals surface area contributed by atoms with Gasteiger partial charge in [0.15, 0.2) is 0 Å². The molecule has 0 aliphatic rings. The SMILES string of the molecule is C[Si](C)(C)c1ccc(-c2ccc(-c3ccc4cc(-c5ccc(-c6cc(C(F)(F)F)cc(C(F)(F)F)c6)cc5)cnc4c3)cc2)cc1. The Morgan fingerprint density at radius 3 is 1.33 bits per heavy atom. The Labute approximate surface area is 264 Å². The van der Waals surface area contributed by atoms with Gasteiger partial charge in [0.2, 0.25) is 0 Å². The minimum atomic E-state index is -4.91. The summed E-state index contributed by atoms with van der Waals surface area (Å²) in [7, 11) is -1.35. The summed E-state index contributed by atoms with van der Waals surface area (Å²) in [5.41, 5.74) is 4.11. The van der Waals surface area contributed by atoms with Gasteiger partial charge in [0.1, 0.15) is 0 Å². The maximum Gasteiger partial charge on any atom is 0.416 e. The van der Waals surface area contributed by atoms with E-state index in [1.807, 2.05) is 24.3 Å². The van der Waals surface area contributed by atoms with E-state index in [-0.39, 0.29) is 17.2 Å². The zero-order valence-corrected chi connectivity index (χ0v) is 26.3. The summed E-state index contributed by atoms with van der Waals surface area (Å²) in [6.45, 7) is 7.00. The first-order valence-corrected chi connectivity index (χ1v) is 18.2. The molecule has 0 saturated carbocycles. The molecule has 0 aliphatic heterocycles. The number of rotatable bonds is 5. The normalized spacial score (nSPS) is 12.5. The number of aromatic nitrogens is 1. The van der Waals surface area contributed by atoms with Gasteiger partial charge in [-0.15, -0.1) is 0 Å². The lowest BCUT2D eigenvalue weighted by molar-refractivity contribution is -0.143. The minimum Gasteiger partial charge on any atom is -0.256 e. The molecule has 6 rings (SSSR count). The maximum absolute atomic E-state index is 13.3. The fraction of sp³-hybridized carbons (Fsp3) is 0.132. The number of nitrogens with zero attached hydrogens (tertiary/aromatic N) is 1. The van der Waals surface area contributed by atoms with Crippen LogP contribution >= 0.6 is 0 Å². The number of halogens is 6. The molecule has 5 aromatic carbocycles. The molecule has 232 valence electrons. The summed E-state index contributed by atoms with van der Waals surface area (Å²) in [6.07, 6.45) is -8.10. The Kier molecular flexibility index (Phi) is 7.88. The molecule has 1 aromatic heterocycles. The Bertz CT molecular complexity index is 1990. The molecule has 0 atom stereocenters. The molecule has 8 heteroatoms. The molecule has 0 N–H and O–H groups in total. The predicted molar refractivity (Wildman–Crippen MR) is 176 cm³/mol. The van der Waals surface area contributed by atoms with Gasteiger partial charge in [0, 0.05) is 17.1 Å². The van der Waals surface area contributed by atoms with Gasteiger partial charge in [-0.2, -0.15) is 26.3 Å². The maximum atomic E-state index is 13.3. The van der Waals surface area contributed by atoms with Crippen LogP contribution in [0.5, 0.6) is 0 Å². The minimum absolute atomic E-state index is 0.132. The van der Waals surface area contributed by atoms with Crippen LogP contribution in [0, 0.1) is 0 Å². The van der Waals surface area contributed by atoms with Gasteiger partial charge >= 0.3 is 12.4 Å². The van der Waals surface area contributed by atoms with Gasteiger partial charge in [-0.05, 0) is 69.3 Å². The lowest BCUT2D eigenvalue weighted by Gasteiger charge is -2.16. The standard InChI is InChI=1S/C38H29F6NSi/c1-46(2,3)35-16-14-25(15-17-35)24-4-6-26(7-5-24)29-12-13-30-18-32(23-45-36(30)21-29)28-10-8-27(9-11-28)31-19-33(37(39,40)41)22-34(20-31)38(42,43)44/h4-23H,1-3H3. The van der Waals surface area contributed by atoms with Crippen LogP contribution in [0.4, 0.5) is 26.3 Å². The molecular weight excluding hydrogens is 612 g/mol. The number of benzene rings is 5. The van der Waals surface area contributed by atoms with Crippen LogP contribution in [0.3, 0.4) is 0 Å². The molecule has 0 saturated heterocycles. The molecular formula is C38H29F6NSi. The predicted octanol–water partition coefficient (Wildman–Crippen LogP) is 11.5. The molecule has 0 radical (unpaired) electrons. The van der Waals surface area contributed by atoms with Crippen LogP contribution < -0.4 is 5.19 Å². The van der Waals surface area contributed by atoms with E-state index in [2.05, 4.69) is 73.2 Å². The highest BCUT2D eigenvalue weighted by atomic mass is 28.3. The Morgan fingerprint density at radius 1 is 0.435 bits per heavy atom. The van der Waals surface area contributed by atoms with Crippen molar-refractivity contribution in [3.05, 3.63) is 133 Å². The first kappa shape index (κ1) is 31.3. The van der Waals surface area contributed by atoms with Crippen molar-refractivity contribution >= 4 is 24.2 Å². The van der Waals surface area contributed by atoms with Crippen LogP contribution in [0.25, 0.3) is 55.4 Å². The van der Waals surface area contributed by atoms with Gasteiger partial charge in [-0.25, -0.2) is 0 Å². The second-order valence-electron chi connectivity index (χ2n) is 12.4. The van der Waals surface area contributed by atoms with Crippen molar-refractivity contribution < 1.29 is 26.3 Å². The van der Waals surface area contributed by atoms with Crippen molar-refractivity contribution in [1.29, 1.82) is 0 Å². The van der Waals surface area contributed by atoms with Crippen LogP contribution in [0.15, 0.2) is 121 Å². The highest BCUT2D eigenvalue weighted by Gasteiger charge is 2.37. The van der Waals surface area contributed by atoms with Crippen molar-refractivity contribution in [3.8, 4) is 44.5 Å². The highest BCUT2D eigenvalue weighted by Crippen LogP contribution is 2.39. The van der Waals surface area contributed by atoms with Crippen LogP contribution in [-0.2, 0) is 12.4 Å². The van der Waals surface area contributed by atoms with Crippen LogP contribution in [-0.4, -0.2) is 13.1 Å². The zero-order chi connectivity index (χ0) is 32.9. The first-order chi connectivity index (χ1) is 21.6. The number of hydrogen-bond donors (Lipinski definition) is 0. The van der Waals surface area contributed by atoms with Crippen molar-refractivity contribution in [2.24, 2.45) is 0 Å². The lowest BCUT2D eigenvalue weighted by Crippen LogP contribution is -2.37. The zero-order valence-electron chi connectivity index (χ0n) is 25.3. The topological polar surface area (TPSA) is 12.9 Å². The van der Waals surface area contributed by atoms with Crippen LogP contribution in [0.2, 0.25) is 19.6 Å². The molecule has 0 unspecified atom stereocenters. The first-order valence-electron chi connectivity index (χ1n) is 14.7. The average molecular weight is 642 g/mol. The molecule has 6 aromatic rings. The smallest absolute Gasteiger partial charge is 0.256 e. The average Bonchev–Trinajstić information content (AvgIpc) is 3.03. The fourth-order valence-electron chi connectivity index (χ4n) is 5.45. The van der Waals surface area contributed by atoms with Crippen molar-refractivity contribution in [3.63, 3.8) is 0 Å². The number of pyridine rings is 1. The van der Waals surface area contributed by atoms with Gasteiger partial charge in [-0.3, -0.25) is 4.98 Å². The van der Waals surface area contributed by atoms with E-state index in [4.69, 9.17) is 0 Å². The molecule has 0 fully saturated rings. The molecule has 0 amide bonds. The molecule has 1 heterocycles. The molecule has 1 nitrogen and oxygen atoms in total. The third-order valence-corrected chi connectivity index (χ3v) is 10.2. The fourth-order valence-corrected chi connectivity index (χ4v) is 6.62. The summed E-state index contributed by atoms with van der Waals surface area (Å²) in [5.74, 6) is 0. The third-order valence-electron chi connectivity index (χ3n) is 8.13. The van der Waals surface area contributed by atoms with E-state index in [1.165, 1.54) is 22.9 Å². The lowest BCUT2D eigenvalue weighted by atomic mass is 9.96. The quantitative estimate of drug-likeness (QED) is 0.135. The third kappa shape index (κ3) is 6.63. The van der Waals surface area contributed by atoms with E-state index < -0.39 is 31.6 Å². The number of hydrogen-bond acceptors (Lipinski definition) is 1. The van der Waals surface area contributed by atoms with Gasteiger partial charge in [-0.1, -0.05) is 110 Å². The Balaban J connectivity index is 1.23. The number of alkyl halides is 6. The van der Waals surface area contributed by atoms with Gasteiger partial charge in [0.05, 0.1) is 24.7 Å². The number of fused-ring (bicyclic) bond motifs is 1. The summed E-state index contributed by atoms with van der Waals surface area (Å²) in [4.78, 5) is 4.65. The van der Waals surface area contributed by atoms with E-state index >= 15 is 0 Å². The van der Waals surface area contributed by atoms with E-state index in [1.54, 1.807) is 18.3 Å². The summed E-state index contributed by atoms with van der Waals surface area (Å²) in [6, 6.07) is 33.2. The van der Waals surface area contributed by atoms with E-state index in [0.717, 1.165) is 50.9 Å². The van der Waals surface area contributed by atoms with Crippen LogP contribution in [0.1, 0.15) is 11.1 Å². The molecule has 0 aliphatic carbocycles. The Morgan fingerprint density at radius 2 is 0.848 bits per heavy atom. The molecule has 0 spiro atoms. The summed E-state index contributed by atoms with van der Waals surface area (Å²) < 4.78 is 80.0. The monoisotopic (exact) mass is 641 g/mol. The van der Waals surface area contributed by atoms with Crippen molar-refractivity contribution in [1.82, 2.24) is 4.98 Å². The highest BCUT2D eigenvalue weighted by molar-refractivity contribution is 6.88. The second-order valence-corrected chi connectivity index (χ2v) is 17.5. The van der Waals surface area contributed by atoms with Crippen molar-refractivity contribution in [2.75, 3.05) is 0 Å². The molecule has 46 heavy (non-hydrogen) atoms. The summed E-state index contributed by atoms with van der Waals surface area (Å²) in [5, 5.41) is 2.33. The largest absolute Gasteiger partial charge is 0.416 e. The van der Waals surface area contributed by atoms with Gasteiger partial charge in [0.25, 0.3) is 0 Å².